The molecule has 2 nitrogen and oxygen atoms in total. The first kappa shape index (κ1) is 12.0. The summed E-state index contributed by atoms with van der Waals surface area (Å²) in [6.07, 6.45) is 0. The summed E-state index contributed by atoms with van der Waals surface area (Å²) >= 11 is 3.48. The minimum absolute atomic E-state index is 0.490. The maximum absolute atomic E-state index is 5.86. The van der Waals surface area contributed by atoms with E-state index in [9.17, 15) is 0 Å². The molecule has 0 atom stereocenters. The number of ether oxygens (including phenoxy) is 1. The van der Waals surface area contributed by atoms with Crippen LogP contribution >= 0.6 is 15.9 Å². The lowest BCUT2D eigenvalue weighted by Crippen LogP contribution is -2.00. The van der Waals surface area contributed by atoms with Crippen molar-refractivity contribution < 1.29 is 4.74 Å². The van der Waals surface area contributed by atoms with Crippen LogP contribution in [0.4, 0.5) is 5.69 Å². The van der Waals surface area contributed by atoms with Crippen molar-refractivity contribution in [1.29, 1.82) is 0 Å². The summed E-state index contributed by atoms with van der Waals surface area (Å²) in [6.45, 7) is 2.51. The van der Waals surface area contributed by atoms with E-state index >= 15 is 0 Å². The zero-order valence-electron chi connectivity index (χ0n) is 9.61. The molecule has 0 unspecified atom stereocenters. The molecule has 0 radical (unpaired) electrons. The molecule has 2 aromatic carbocycles. The fourth-order valence-corrected chi connectivity index (χ4v) is 1.91. The van der Waals surface area contributed by atoms with Crippen LogP contribution in [0.3, 0.4) is 0 Å². The number of para-hydroxylation sites is 1. The minimum Gasteiger partial charge on any atom is -0.489 e. The molecule has 0 fully saturated rings. The highest BCUT2D eigenvalue weighted by Crippen LogP contribution is 2.26. The highest BCUT2D eigenvalue weighted by molar-refractivity contribution is 9.10. The summed E-state index contributed by atoms with van der Waals surface area (Å²) in [5.41, 5.74) is 8.73. The molecule has 2 N–H and O–H groups in total. The number of nitrogens with two attached hydrogens (primary N) is 1. The first-order chi connectivity index (χ1) is 8.18. The van der Waals surface area contributed by atoms with Gasteiger partial charge in [0.25, 0.3) is 0 Å². The molecule has 0 bridgehead atoms. The van der Waals surface area contributed by atoms with Gasteiger partial charge in [-0.15, -0.1) is 0 Å². The Morgan fingerprint density at radius 2 is 1.88 bits per heavy atom. The molecule has 0 spiro atoms. The lowest BCUT2D eigenvalue weighted by Gasteiger charge is -2.11. The van der Waals surface area contributed by atoms with Crippen LogP contribution in [0.1, 0.15) is 11.1 Å². The standard InChI is InChI=1S/C14H14BrNO/c1-10-12(15)6-4-8-14(10)17-9-11-5-2-3-7-13(11)16/h2-8H,9,16H2,1H3. The van der Waals surface area contributed by atoms with Crippen LogP contribution < -0.4 is 10.5 Å². The van der Waals surface area contributed by atoms with Gasteiger partial charge in [-0.1, -0.05) is 40.2 Å². The number of hydrogen-bond acceptors (Lipinski definition) is 2. The predicted molar refractivity (Wildman–Crippen MR) is 74.1 cm³/mol. The lowest BCUT2D eigenvalue weighted by molar-refractivity contribution is 0.304. The quantitative estimate of drug-likeness (QED) is 0.870. The molecule has 2 aromatic rings. The highest BCUT2D eigenvalue weighted by Gasteiger charge is 2.04. The Hall–Kier alpha value is -1.48. The summed E-state index contributed by atoms with van der Waals surface area (Å²) < 4.78 is 6.83. The second kappa shape index (κ2) is 5.23. The van der Waals surface area contributed by atoms with Gasteiger partial charge in [0.2, 0.25) is 0 Å². The van der Waals surface area contributed by atoms with Crippen LogP contribution in [0.2, 0.25) is 0 Å². The molecular weight excluding hydrogens is 278 g/mol. The maximum atomic E-state index is 5.86. The van der Waals surface area contributed by atoms with Gasteiger partial charge in [0.1, 0.15) is 12.4 Å². The van der Waals surface area contributed by atoms with Gasteiger partial charge >= 0.3 is 0 Å². The van der Waals surface area contributed by atoms with Gasteiger partial charge in [-0.2, -0.15) is 0 Å². The van der Waals surface area contributed by atoms with E-state index in [1.54, 1.807) is 0 Å². The molecule has 0 aliphatic heterocycles. The zero-order chi connectivity index (χ0) is 12.3. The summed E-state index contributed by atoms with van der Waals surface area (Å²) in [4.78, 5) is 0. The van der Waals surface area contributed by atoms with E-state index in [4.69, 9.17) is 10.5 Å². The fourth-order valence-electron chi connectivity index (χ4n) is 1.57. The van der Waals surface area contributed by atoms with Crippen molar-refractivity contribution in [3.05, 3.63) is 58.1 Å². The summed E-state index contributed by atoms with van der Waals surface area (Å²) in [7, 11) is 0. The molecule has 0 aliphatic rings. The van der Waals surface area contributed by atoms with Crippen molar-refractivity contribution in [3.63, 3.8) is 0 Å². The Bertz CT molecular complexity index is 525. The van der Waals surface area contributed by atoms with Gasteiger partial charge in [-0.25, -0.2) is 0 Å². The van der Waals surface area contributed by atoms with Crippen molar-refractivity contribution in [1.82, 2.24) is 0 Å². The SMILES string of the molecule is Cc1c(Br)cccc1OCc1ccccc1N. The first-order valence-corrected chi connectivity index (χ1v) is 6.19. The van der Waals surface area contributed by atoms with Crippen molar-refractivity contribution in [2.24, 2.45) is 0 Å². The van der Waals surface area contributed by atoms with Crippen LogP contribution in [0.25, 0.3) is 0 Å². The predicted octanol–water partition coefficient (Wildman–Crippen LogP) is 3.92. The monoisotopic (exact) mass is 291 g/mol. The van der Waals surface area contributed by atoms with Crippen LogP contribution in [-0.2, 0) is 6.61 Å². The Kier molecular flexibility index (Phi) is 3.69. The Morgan fingerprint density at radius 1 is 1.12 bits per heavy atom. The van der Waals surface area contributed by atoms with Gasteiger partial charge in [-0.05, 0) is 25.1 Å². The van der Waals surface area contributed by atoms with E-state index in [0.717, 1.165) is 27.0 Å². The third-order valence-corrected chi connectivity index (χ3v) is 3.52. The molecule has 0 amide bonds. The number of benzene rings is 2. The second-order valence-electron chi connectivity index (χ2n) is 3.85. The molecule has 17 heavy (non-hydrogen) atoms. The highest BCUT2D eigenvalue weighted by atomic mass is 79.9. The van der Waals surface area contributed by atoms with Gasteiger partial charge in [-0.3, -0.25) is 0 Å². The number of halogens is 1. The third kappa shape index (κ3) is 2.80. The largest absolute Gasteiger partial charge is 0.489 e. The Labute approximate surface area is 110 Å². The van der Waals surface area contributed by atoms with E-state index in [-0.39, 0.29) is 0 Å². The van der Waals surface area contributed by atoms with E-state index in [2.05, 4.69) is 15.9 Å². The van der Waals surface area contributed by atoms with Crippen molar-refractivity contribution in [2.45, 2.75) is 13.5 Å². The maximum Gasteiger partial charge on any atom is 0.123 e. The van der Waals surface area contributed by atoms with Crippen molar-refractivity contribution >= 4 is 21.6 Å². The average molecular weight is 292 g/mol. The topological polar surface area (TPSA) is 35.2 Å². The van der Waals surface area contributed by atoms with Crippen molar-refractivity contribution in [3.8, 4) is 5.75 Å². The van der Waals surface area contributed by atoms with Gasteiger partial charge in [0.05, 0.1) is 0 Å². The van der Waals surface area contributed by atoms with Crippen LogP contribution in [-0.4, -0.2) is 0 Å². The molecule has 2 rings (SSSR count). The molecular formula is C14H14BrNO. The molecule has 0 aliphatic carbocycles. The van der Waals surface area contributed by atoms with E-state index in [0.29, 0.717) is 6.61 Å². The Balaban J connectivity index is 2.13. The van der Waals surface area contributed by atoms with Crippen molar-refractivity contribution in [2.75, 3.05) is 5.73 Å². The molecule has 0 saturated heterocycles. The average Bonchev–Trinajstić information content (AvgIpc) is 2.33. The van der Waals surface area contributed by atoms with E-state index in [1.165, 1.54) is 0 Å². The molecule has 0 aromatic heterocycles. The second-order valence-corrected chi connectivity index (χ2v) is 4.70. The van der Waals surface area contributed by atoms with Gasteiger partial charge in [0.15, 0.2) is 0 Å². The number of rotatable bonds is 3. The van der Waals surface area contributed by atoms with Crippen LogP contribution in [0.15, 0.2) is 46.9 Å². The summed E-state index contributed by atoms with van der Waals surface area (Å²) in [5, 5.41) is 0. The number of hydrogen-bond donors (Lipinski definition) is 1. The molecule has 0 saturated carbocycles. The number of nitrogen functional groups attached to an aromatic ring is 1. The molecule has 88 valence electrons. The first-order valence-electron chi connectivity index (χ1n) is 5.40. The summed E-state index contributed by atoms with van der Waals surface area (Å²) in [5.74, 6) is 0.877. The van der Waals surface area contributed by atoms with Crippen LogP contribution in [0.5, 0.6) is 5.75 Å². The zero-order valence-corrected chi connectivity index (χ0v) is 11.2. The van der Waals surface area contributed by atoms with Gasteiger partial charge in [0, 0.05) is 21.3 Å². The summed E-state index contributed by atoms with van der Waals surface area (Å²) in [6, 6.07) is 13.7. The van der Waals surface area contributed by atoms with E-state index < -0.39 is 0 Å². The lowest BCUT2D eigenvalue weighted by atomic mass is 10.2. The number of anilines is 1. The fraction of sp³-hybridized carbons (Fsp3) is 0.143. The third-order valence-electron chi connectivity index (χ3n) is 2.66. The molecule has 0 heterocycles. The minimum atomic E-state index is 0.490. The van der Waals surface area contributed by atoms with E-state index in [1.807, 2.05) is 49.4 Å². The normalized spacial score (nSPS) is 10.2. The Morgan fingerprint density at radius 3 is 2.65 bits per heavy atom. The molecule has 3 heteroatoms. The van der Waals surface area contributed by atoms with Crippen LogP contribution in [0, 0.1) is 6.92 Å². The van der Waals surface area contributed by atoms with Gasteiger partial charge < -0.3 is 10.5 Å². The smallest absolute Gasteiger partial charge is 0.123 e.